The van der Waals surface area contributed by atoms with Crippen LogP contribution in [0.25, 0.3) is 21.6 Å². The molecule has 0 atom stereocenters. The van der Waals surface area contributed by atoms with Gasteiger partial charge in [0.15, 0.2) is 5.65 Å². The number of aromatic nitrogens is 4. The standard InChI is InChI=1S/C22H22F3N7OS/c1-11(2)15-9-16(26-19-18(15)12(3)31-32(19)4)29-30-21(33)28-17-10-34-20(27-17)13-5-7-14(8-6-13)22(23,24)25/h5-11H,1-4H3,(H,26,29)(H2,28,30,33). The summed E-state index contributed by atoms with van der Waals surface area (Å²) in [6, 6.07) is 5.99. The highest BCUT2D eigenvalue weighted by Gasteiger charge is 2.30. The molecule has 0 saturated carbocycles. The highest BCUT2D eigenvalue weighted by Crippen LogP contribution is 2.32. The van der Waals surface area contributed by atoms with Crippen LogP contribution in [-0.4, -0.2) is 25.8 Å². The van der Waals surface area contributed by atoms with E-state index in [9.17, 15) is 18.0 Å². The molecule has 0 spiro atoms. The number of urea groups is 1. The van der Waals surface area contributed by atoms with Gasteiger partial charge in [-0.05, 0) is 36.6 Å². The van der Waals surface area contributed by atoms with Crippen LogP contribution in [0, 0.1) is 6.92 Å². The molecule has 0 aliphatic carbocycles. The van der Waals surface area contributed by atoms with Crippen molar-refractivity contribution in [3.8, 4) is 10.6 Å². The zero-order valence-electron chi connectivity index (χ0n) is 18.8. The summed E-state index contributed by atoms with van der Waals surface area (Å²) in [7, 11) is 1.81. The molecule has 4 aromatic rings. The number of nitrogens with zero attached hydrogens (tertiary/aromatic N) is 4. The molecular weight excluding hydrogens is 467 g/mol. The number of nitrogens with one attached hydrogen (secondary N) is 3. The Hall–Kier alpha value is -3.67. The molecular formula is C22H22F3N7OS. The number of benzene rings is 1. The number of rotatable bonds is 5. The molecule has 3 heterocycles. The number of carbonyl (C=O) groups is 1. The number of alkyl halides is 3. The van der Waals surface area contributed by atoms with Gasteiger partial charge in [0.25, 0.3) is 0 Å². The van der Waals surface area contributed by atoms with Gasteiger partial charge in [0.1, 0.15) is 16.6 Å². The van der Waals surface area contributed by atoms with Crippen LogP contribution in [0.4, 0.5) is 29.6 Å². The quantitative estimate of drug-likeness (QED) is 0.313. The number of hydrogen-bond acceptors (Lipinski definition) is 6. The van der Waals surface area contributed by atoms with Gasteiger partial charge in [-0.2, -0.15) is 18.3 Å². The predicted molar refractivity (Wildman–Crippen MR) is 126 cm³/mol. The summed E-state index contributed by atoms with van der Waals surface area (Å²) in [5.74, 6) is 0.951. The Morgan fingerprint density at radius 2 is 1.82 bits per heavy atom. The number of amides is 2. The molecule has 0 unspecified atom stereocenters. The molecule has 1 aromatic carbocycles. The third-order valence-electron chi connectivity index (χ3n) is 5.13. The van der Waals surface area contributed by atoms with E-state index in [-0.39, 0.29) is 11.7 Å². The first-order valence-electron chi connectivity index (χ1n) is 10.3. The number of anilines is 2. The number of thiazole rings is 1. The molecule has 0 fully saturated rings. The zero-order valence-corrected chi connectivity index (χ0v) is 19.6. The minimum atomic E-state index is -4.40. The third-order valence-corrected chi connectivity index (χ3v) is 6.02. The summed E-state index contributed by atoms with van der Waals surface area (Å²) in [4.78, 5) is 21.2. The fraction of sp³-hybridized carbons (Fsp3) is 0.273. The van der Waals surface area contributed by atoms with Crippen LogP contribution in [0.1, 0.15) is 36.6 Å². The molecule has 3 N–H and O–H groups in total. The molecule has 4 rings (SSSR count). The van der Waals surface area contributed by atoms with E-state index < -0.39 is 17.8 Å². The van der Waals surface area contributed by atoms with E-state index in [1.165, 1.54) is 23.5 Å². The Balaban J connectivity index is 1.43. The second-order valence-corrected chi connectivity index (χ2v) is 8.83. The Morgan fingerprint density at radius 1 is 1.12 bits per heavy atom. The lowest BCUT2D eigenvalue weighted by molar-refractivity contribution is -0.137. The topological polar surface area (TPSA) is 96.8 Å². The largest absolute Gasteiger partial charge is 0.416 e. The van der Waals surface area contributed by atoms with Crippen LogP contribution in [-0.2, 0) is 13.2 Å². The van der Waals surface area contributed by atoms with E-state index >= 15 is 0 Å². The van der Waals surface area contributed by atoms with Crippen molar-refractivity contribution in [1.82, 2.24) is 25.2 Å². The van der Waals surface area contributed by atoms with Gasteiger partial charge in [-0.25, -0.2) is 20.2 Å². The fourth-order valence-corrected chi connectivity index (χ4v) is 4.29. The average Bonchev–Trinajstić information content (AvgIpc) is 3.35. The van der Waals surface area contributed by atoms with E-state index in [4.69, 9.17) is 0 Å². The minimum Gasteiger partial charge on any atom is -0.290 e. The van der Waals surface area contributed by atoms with Crippen LogP contribution in [0.15, 0.2) is 35.7 Å². The number of pyridine rings is 1. The van der Waals surface area contributed by atoms with Gasteiger partial charge in [-0.15, -0.1) is 11.3 Å². The minimum absolute atomic E-state index is 0.224. The van der Waals surface area contributed by atoms with Gasteiger partial charge in [-0.3, -0.25) is 15.4 Å². The Kier molecular flexibility index (Phi) is 6.17. The van der Waals surface area contributed by atoms with E-state index in [2.05, 4.69) is 45.1 Å². The van der Waals surface area contributed by atoms with Crippen molar-refractivity contribution in [1.29, 1.82) is 0 Å². The van der Waals surface area contributed by atoms with Gasteiger partial charge in [0.05, 0.1) is 11.3 Å². The predicted octanol–water partition coefficient (Wildman–Crippen LogP) is 5.69. The van der Waals surface area contributed by atoms with Gasteiger partial charge >= 0.3 is 12.2 Å². The molecule has 0 bridgehead atoms. The summed E-state index contributed by atoms with van der Waals surface area (Å²) in [6.07, 6.45) is -4.40. The van der Waals surface area contributed by atoms with Crippen molar-refractivity contribution in [3.05, 3.63) is 52.5 Å². The SMILES string of the molecule is Cc1nn(C)c2nc(NNC(=O)Nc3csc(-c4ccc(C(F)(F)F)cc4)n3)cc(C(C)C)c12. The number of hydrogen-bond donors (Lipinski definition) is 3. The molecule has 0 saturated heterocycles. The molecule has 0 aliphatic rings. The van der Waals surface area contributed by atoms with E-state index in [0.29, 0.717) is 22.0 Å². The first-order valence-corrected chi connectivity index (χ1v) is 11.2. The number of aryl methyl sites for hydroxylation is 2. The zero-order chi connectivity index (χ0) is 24.6. The van der Waals surface area contributed by atoms with Crippen molar-refractivity contribution < 1.29 is 18.0 Å². The van der Waals surface area contributed by atoms with Gasteiger partial charge < -0.3 is 0 Å². The summed E-state index contributed by atoms with van der Waals surface area (Å²) >= 11 is 1.21. The van der Waals surface area contributed by atoms with Crippen LogP contribution >= 0.6 is 11.3 Å². The fourth-order valence-electron chi connectivity index (χ4n) is 3.53. The molecule has 0 radical (unpaired) electrons. The van der Waals surface area contributed by atoms with Crippen LogP contribution in [0.2, 0.25) is 0 Å². The maximum absolute atomic E-state index is 12.7. The molecule has 178 valence electrons. The van der Waals surface area contributed by atoms with Crippen molar-refractivity contribution in [2.24, 2.45) is 7.05 Å². The second-order valence-electron chi connectivity index (χ2n) is 7.98. The van der Waals surface area contributed by atoms with Crippen molar-refractivity contribution in [3.63, 3.8) is 0 Å². The van der Waals surface area contributed by atoms with Gasteiger partial charge in [-0.1, -0.05) is 26.0 Å². The smallest absolute Gasteiger partial charge is 0.290 e. The number of halogens is 3. The molecule has 3 aromatic heterocycles. The molecule has 34 heavy (non-hydrogen) atoms. The van der Waals surface area contributed by atoms with Crippen molar-refractivity contribution >= 4 is 40.0 Å². The molecule has 2 amide bonds. The summed E-state index contributed by atoms with van der Waals surface area (Å²) in [6.45, 7) is 6.07. The first-order chi connectivity index (χ1) is 16.0. The third kappa shape index (κ3) is 4.81. The van der Waals surface area contributed by atoms with Gasteiger partial charge in [0, 0.05) is 23.4 Å². The second kappa shape index (κ2) is 8.93. The first kappa shape index (κ1) is 23.5. The van der Waals surface area contributed by atoms with Crippen LogP contribution in [0.3, 0.4) is 0 Å². The lowest BCUT2D eigenvalue weighted by Gasteiger charge is -2.13. The summed E-state index contributed by atoms with van der Waals surface area (Å²) in [5, 5.41) is 10.1. The number of carbonyl (C=O) groups excluding carboxylic acids is 1. The number of fused-ring (bicyclic) bond motifs is 1. The molecule has 0 aliphatic heterocycles. The Bertz CT molecular complexity index is 1340. The summed E-state index contributed by atoms with van der Waals surface area (Å²) in [5.41, 5.74) is 7.77. The maximum Gasteiger partial charge on any atom is 0.416 e. The molecule has 12 heteroatoms. The summed E-state index contributed by atoms with van der Waals surface area (Å²) < 4.78 is 39.9. The molecule has 8 nitrogen and oxygen atoms in total. The van der Waals surface area contributed by atoms with Gasteiger partial charge in [0.2, 0.25) is 0 Å². The number of hydrazine groups is 1. The monoisotopic (exact) mass is 489 g/mol. The van der Waals surface area contributed by atoms with Crippen molar-refractivity contribution in [2.45, 2.75) is 32.9 Å². The van der Waals surface area contributed by atoms with E-state index in [1.54, 1.807) is 10.1 Å². The van der Waals surface area contributed by atoms with Crippen LogP contribution < -0.4 is 16.2 Å². The van der Waals surface area contributed by atoms with E-state index in [1.807, 2.05) is 20.0 Å². The average molecular weight is 490 g/mol. The highest BCUT2D eigenvalue weighted by molar-refractivity contribution is 7.13. The van der Waals surface area contributed by atoms with Crippen molar-refractivity contribution in [2.75, 3.05) is 10.7 Å². The highest BCUT2D eigenvalue weighted by atomic mass is 32.1. The lowest BCUT2D eigenvalue weighted by atomic mass is 10.00. The Morgan fingerprint density at radius 3 is 2.47 bits per heavy atom. The van der Waals surface area contributed by atoms with E-state index in [0.717, 1.165) is 28.8 Å². The van der Waals surface area contributed by atoms with Crippen LogP contribution in [0.5, 0.6) is 0 Å². The lowest BCUT2D eigenvalue weighted by Crippen LogP contribution is -2.34. The maximum atomic E-state index is 12.7. The normalized spacial score (nSPS) is 11.8. The Labute approximate surface area is 197 Å².